The summed E-state index contributed by atoms with van der Waals surface area (Å²) in [5.74, 6) is 0.764. The van der Waals surface area contributed by atoms with Crippen molar-refractivity contribution in [3.63, 3.8) is 0 Å². The number of aliphatic hydroxyl groups is 1. The minimum absolute atomic E-state index is 0.358. The fraction of sp³-hybridized carbons (Fsp3) is 1.00. The third-order valence-corrected chi connectivity index (χ3v) is 5.21. The molecule has 1 atom stereocenters. The summed E-state index contributed by atoms with van der Waals surface area (Å²) in [6, 6.07) is 0. The van der Waals surface area contributed by atoms with Gasteiger partial charge in [-0.15, -0.1) is 0 Å². The van der Waals surface area contributed by atoms with Crippen molar-refractivity contribution in [1.82, 2.24) is 5.32 Å². The van der Waals surface area contributed by atoms with Crippen molar-refractivity contribution in [1.29, 1.82) is 0 Å². The lowest BCUT2D eigenvalue weighted by Crippen LogP contribution is -2.39. The number of nitrogens with one attached hydrogen (secondary N) is 1. The van der Waals surface area contributed by atoms with E-state index in [1.807, 2.05) is 0 Å². The standard InChI is InChI=1S/C18H35NO2/c1-15(2)11-18(9-5-6-10-18)14-19-12-16(20)13-21-17-7-3-4-8-17/h15-17,19-20H,3-14H2,1-2H3. The maximum Gasteiger partial charge on any atom is 0.0897 e. The summed E-state index contributed by atoms with van der Waals surface area (Å²) in [7, 11) is 0. The van der Waals surface area contributed by atoms with Crippen molar-refractivity contribution in [3.8, 4) is 0 Å². The first-order valence-corrected chi connectivity index (χ1v) is 9.10. The average molecular weight is 297 g/mol. The Hall–Kier alpha value is -0.120. The van der Waals surface area contributed by atoms with Gasteiger partial charge in [0.25, 0.3) is 0 Å². The maximum absolute atomic E-state index is 10.1. The molecule has 2 saturated carbocycles. The van der Waals surface area contributed by atoms with Gasteiger partial charge in [-0.1, -0.05) is 39.5 Å². The summed E-state index contributed by atoms with van der Waals surface area (Å²) in [6.45, 7) is 6.88. The molecule has 0 bridgehead atoms. The summed E-state index contributed by atoms with van der Waals surface area (Å²) in [5.41, 5.74) is 0.486. The van der Waals surface area contributed by atoms with E-state index in [9.17, 15) is 5.11 Å². The zero-order valence-electron chi connectivity index (χ0n) is 14.1. The van der Waals surface area contributed by atoms with Gasteiger partial charge in [-0.05, 0) is 43.4 Å². The van der Waals surface area contributed by atoms with Gasteiger partial charge in [-0.3, -0.25) is 0 Å². The van der Waals surface area contributed by atoms with E-state index in [2.05, 4.69) is 19.2 Å². The van der Waals surface area contributed by atoms with Gasteiger partial charge in [0.2, 0.25) is 0 Å². The lowest BCUT2D eigenvalue weighted by atomic mass is 9.78. The highest BCUT2D eigenvalue weighted by Gasteiger charge is 2.33. The molecule has 2 aliphatic carbocycles. The van der Waals surface area contributed by atoms with Crippen LogP contribution in [0.5, 0.6) is 0 Å². The monoisotopic (exact) mass is 297 g/mol. The first-order chi connectivity index (χ1) is 10.1. The number of aliphatic hydroxyl groups excluding tert-OH is 1. The summed E-state index contributed by atoms with van der Waals surface area (Å²) in [4.78, 5) is 0. The molecule has 0 amide bonds. The van der Waals surface area contributed by atoms with Crippen molar-refractivity contribution >= 4 is 0 Å². The number of hydrogen-bond donors (Lipinski definition) is 2. The molecule has 2 rings (SSSR count). The van der Waals surface area contributed by atoms with Crippen LogP contribution in [0.2, 0.25) is 0 Å². The Balaban J connectivity index is 1.62. The van der Waals surface area contributed by atoms with Crippen LogP contribution in [0.15, 0.2) is 0 Å². The fourth-order valence-electron chi connectivity index (χ4n) is 4.31. The van der Waals surface area contributed by atoms with Crippen LogP contribution in [-0.4, -0.2) is 37.0 Å². The Kier molecular flexibility index (Phi) is 6.97. The van der Waals surface area contributed by atoms with E-state index in [1.54, 1.807) is 0 Å². The van der Waals surface area contributed by atoms with Crippen molar-refractivity contribution < 1.29 is 9.84 Å². The molecule has 0 aromatic carbocycles. The Morgan fingerprint density at radius 2 is 1.81 bits per heavy atom. The van der Waals surface area contributed by atoms with Gasteiger partial charge in [-0.2, -0.15) is 0 Å². The molecule has 21 heavy (non-hydrogen) atoms. The van der Waals surface area contributed by atoms with Gasteiger partial charge in [0.15, 0.2) is 0 Å². The molecule has 2 fully saturated rings. The zero-order valence-corrected chi connectivity index (χ0v) is 14.1. The van der Waals surface area contributed by atoms with Crippen molar-refractivity contribution in [3.05, 3.63) is 0 Å². The second kappa shape index (κ2) is 8.50. The molecule has 124 valence electrons. The molecule has 0 saturated heterocycles. The van der Waals surface area contributed by atoms with Crippen molar-refractivity contribution in [2.75, 3.05) is 19.7 Å². The molecule has 0 heterocycles. The molecule has 2 aliphatic rings. The van der Waals surface area contributed by atoms with Crippen LogP contribution in [0.1, 0.15) is 71.6 Å². The molecule has 0 spiro atoms. The van der Waals surface area contributed by atoms with Gasteiger partial charge >= 0.3 is 0 Å². The Bertz CT molecular complexity index is 281. The van der Waals surface area contributed by atoms with Crippen LogP contribution in [0.4, 0.5) is 0 Å². The van der Waals surface area contributed by atoms with E-state index < -0.39 is 0 Å². The van der Waals surface area contributed by atoms with Gasteiger partial charge in [-0.25, -0.2) is 0 Å². The van der Waals surface area contributed by atoms with Crippen LogP contribution in [0.25, 0.3) is 0 Å². The average Bonchev–Trinajstić information content (AvgIpc) is 3.07. The quantitative estimate of drug-likeness (QED) is 0.684. The Morgan fingerprint density at radius 1 is 1.14 bits per heavy atom. The van der Waals surface area contributed by atoms with Crippen LogP contribution < -0.4 is 5.32 Å². The predicted octanol–water partition coefficient (Wildman–Crippen LogP) is 3.50. The normalized spacial score (nSPS) is 24.0. The number of hydrogen-bond acceptors (Lipinski definition) is 3. The van der Waals surface area contributed by atoms with Crippen LogP contribution in [0, 0.1) is 11.3 Å². The van der Waals surface area contributed by atoms with E-state index in [0.717, 1.165) is 12.5 Å². The van der Waals surface area contributed by atoms with Crippen molar-refractivity contribution in [2.45, 2.75) is 83.8 Å². The van der Waals surface area contributed by atoms with E-state index >= 15 is 0 Å². The lowest BCUT2D eigenvalue weighted by Gasteiger charge is -2.31. The minimum atomic E-state index is -0.358. The number of ether oxygens (including phenoxy) is 1. The highest BCUT2D eigenvalue weighted by molar-refractivity contribution is 4.87. The molecule has 3 nitrogen and oxygen atoms in total. The first-order valence-electron chi connectivity index (χ1n) is 9.10. The van der Waals surface area contributed by atoms with Gasteiger partial charge in [0.1, 0.15) is 0 Å². The minimum Gasteiger partial charge on any atom is -0.389 e. The highest BCUT2D eigenvalue weighted by atomic mass is 16.5. The van der Waals surface area contributed by atoms with Gasteiger partial charge in [0, 0.05) is 13.1 Å². The van der Waals surface area contributed by atoms with E-state index in [4.69, 9.17) is 4.74 Å². The van der Waals surface area contributed by atoms with E-state index in [0.29, 0.717) is 24.7 Å². The molecule has 1 unspecified atom stereocenters. The Morgan fingerprint density at radius 3 is 2.43 bits per heavy atom. The summed E-state index contributed by atoms with van der Waals surface area (Å²) < 4.78 is 5.79. The maximum atomic E-state index is 10.1. The summed E-state index contributed by atoms with van der Waals surface area (Å²) >= 11 is 0. The van der Waals surface area contributed by atoms with Crippen LogP contribution in [-0.2, 0) is 4.74 Å². The lowest BCUT2D eigenvalue weighted by molar-refractivity contribution is -0.00633. The van der Waals surface area contributed by atoms with Gasteiger partial charge < -0.3 is 15.2 Å². The van der Waals surface area contributed by atoms with Crippen LogP contribution >= 0.6 is 0 Å². The van der Waals surface area contributed by atoms with Gasteiger partial charge in [0.05, 0.1) is 18.8 Å². The third-order valence-electron chi connectivity index (χ3n) is 5.21. The molecule has 0 aliphatic heterocycles. The molecular formula is C18H35NO2. The second-order valence-electron chi connectivity index (χ2n) is 7.83. The fourth-order valence-corrected chi connectivity index (χ4v) is 4.31. The number of rotatable bonds is 9. The summed E-state index contributed by atoms with van der Waals surface area (Å²) in [5, 5.41) is 13.6. The topological polar surface area (TPSA) is 41.5 Å². The Labute approximate surface area is 130 Å². The second-order valence-corrected chi connectivity index (χ2v) is 7.83. The smallest absolute Gasteiger partial charge is 0.0897 e. The molecule has 0 radical (unpaired) electrons. The SMILES string of the molecule is CC(C)CC1(CNCC(O)COC2CCCC2)CCCC1. The largest absolute Gasteiger partial charge is 0.389 e. The van der Waals surface area contributed by atoms with E-state index in [-0.39, 0.29) is 6.10 Å². The van der Waals surface area contributed by atoms with Crippen LogP contribution in [0.3, 0.4) is 0 Å². The zero-order chi connectivity index (χ0) is 15.1. The van der Waals surface area contributed by atoms with Crippen molar-refractivity contribution in [2.24, 2.45) is 11.3 Å². The third kappa shape index (κ3) is 5.88. The molecule has 2 N–H and O–H groups in total. The molecule has 3 heteroatoms. The predicted molar refractivity (Wildman–Crippen MR) is 87.4 cm³/mol. The molecule has 0 aromatic rings. The first kappa shape index (κ1) is 17.2. The highest BCUT2D eigenvalue weighted by Crippen LogP contribution is 2.42. The molecular weight excluding hydrogens is 262 g/mol. The molecule has 0 aromatic heterocycles. The van der Waals surface area contributed by atoms with E-state index in [1.165, 1.54) is 57.8 Å². The summed E-state index contributed by atoms with van der Waals surface area (Å²) in [6.07, 6.45) is 11.8.